The molecule has 0 unspecified atom stereocenters. The lowest BCUT2D eigenvalue weighted by Crippen LogP contribution is -2.27. The van der Waals surface area contributed by atoms with Gasteiger partial charge in [0, 0.05) is 30.3 Å². The molecule has 1 N–H and O–H groups in total. The number of hydrogen-bond donors (Lipinski definition) is 1. The second-order valence-electron chi connectivity index (χ2n) is 5.46. The van der Waals surface area contributed by atoms with E-state index < -0.39 is 0 Å². The minimum Gasteiger partial charge on any atom is -0.324 e. The fraction of sp³-hybridized carbons (Fsp3) is 0.235. The Kier molecular flexibility index (Phi) is 4.43. The molecule has 118 valence electrons. The molecule has 0 aliphatic carbocycles. The first-order valence-corrected chi connectivity index (χ1v) is 8.13. The number of carbonyl (C=O) groups is 2. The zero-order chi connectivity index (χ0) is 16.4. The van der Waals surface area contributed by atoms with Crippen LogP contribution in [-0.4, -0.2) is 23.3 Å². The molecule has 0 saturated carbocycles. The summed E-state index contributed by atoms with van der Waals surface area (Å²) in [6.07, 6.45) is 4.39. The number of fused-ring (bicyclic) bond motifs is 1. The van der Waals surface area contributed by atoms with Gasteiger partial charge >= 0.3 is 0 Å². The Bertz CT molecular complexity index is 762. The number of rotatable bonds is 3. The average Bonchev–Trinajstić information content (AvgIpc) is 2.92. The Balaban J connectivity index is 1.85. The maximum atomic E-state index is 12.3. The minimum absolute atomic E-state index is 0.0179. The highest BCUT2D eigenvalue weighted by molar-refractivity contribution is 9.10. The van der Waals surface area contributed by atoms with E-state index in [1.807, 2.05) is 24.3 Å². The van der Waals surface area contributed by atoms with Crippen molar-refractivity contribution in [3.05, 3.63) is 52.3 Å². The molecular weight excluding hydrogens is 358 g/mol. The third-order valence-electron chi connectivity index (χ3n) is 3.80. The van der Waals surface area contributed by atoms with E-state index in [1.165, 1.54) is 0 Å². The number of nitrogens with zero attached hydrogens (tertiary/aromatic N) is 2. The number of hydrogen-bond acceptors (Lipinski definition) is 3. The first-order chi connectivity index (χ1) is 11.0. The molecule has 1 aromatic carbocycles. The van der Waals surface area contributed by atoms with Crippen LogP contribution < -0.4 is 10.2 Å². The van der Waals surface area contributed by atoms with Crippen LogP contribution in [0.1, 0.15) is 18.1 Å². The van der Waals surface area contributed by atoms with Crippen LogP contribution in [0.15, 0.2) is 41.1 Å². The monoisotopic (exact) mass is 373 g/mol. The van der Waals surface area contributed by atoms with Crippen molar-refractivity contribution in [2.75, 3.05) is 16.8 Å². The Labute approximate surface area is 142 Å². The zero-order valence-electron chi connectivity index (χ0n) is 12.7. The highest BCUT2D eigenvalue weighted by atomic mass is 79.9. The van der Waals surface area contributed by atoms with Crippen LogP contribution in [0.3, 0.4) is 0 Å². The zero-order valence-corrected chi connectivity index (χ0v) is 14.3. The fourth-order valence-electron chi connectivity index (χ4n) is 2.80. The quantitative estimate of drug-likeness (QED) is 0.899. The van der Waals surface area contributed by atoms with Gasteiger partial charge in [0.1, 0.15) is 0 Å². The summed E-state index contributed by atoms with van der Waals surface area (Å²) in [6, 6.07) is 7.46. The lowest BCUT2D eigenvalue weighted by atomic mass is 10.1. The van der Waals surface area contributed by atoms with Crippen molar-refractivity contribution in [1.82, 2.24) is 4.98 Å². The highest BCUT2D eigenvalue weighted by Crippen LogP contribution is 2.38. The van der Waals surface area contributed by atoms with Crippen molar-refractivity contribution in [2.24, 2.45) is 0 Å². The highest BCUT2D eigenvalue weighted by Gasteiger charge is 2.26. The molecule has 6 heteroatoms. The fourth-order valence-corrected chi connectivity index (χ4v) is 3.30. The van der Waals surface area contributed by atoms with Crippen molar-refractivity contribution < 1.29 is 9.59 Å². The van der Waals surface area contributed by atoms with Crippen molar-refractivity contribution in [3.8, 4) is 0 Å². The van der Waals surface area contributed by atoms with Crippen LogP contribution in [-0.2, 0) is 22.4 Å². The number of halogens is 1. The van der Waals surface area contributed by atoms with Gasteiger partial charge in [0.25, 0.3) is 0 Å². The molecule has 2 heterocycles. The standard InChI is InChI=1S/C17H16BrN3O2/c1-11(22)21-7-4-13-9-14(18)10-15(17(13)21)20-16(23)8-12-2-5-19-6-3-12/h2-3,5-6,9-10H,4,7-8H2,1H3,(H,20,23). The number of carbonyl (C=O) groups excluding carboxylic acids is 2. The molecule has 0 atom stereocenters. The van der Waals surface area contributed by atoms with E-state index in [0.29, 0.717) is 12.2 Å². The van der Waals surface area contributed by atoms with Crippen molar-refractivity contribution in [2.45, 2.75) is 19.8 Å². The molecule has 0 saturated heterocycles. The van der Waals surface area contributed by atoms with Gasteiger partial charge in [-0.05, 0) is 41.8 Å². The maximum Gasteiger partial charge on any atom is 0.228 e. The molecule has 1 aliphatic heterocycles. The largest absolute Gasteiger partial charge is 0.324 e. The van der Waals surface area contributed by atoms with E-state index in [0.717, 1.165) is 27.7 Å². The Morgan fingerprint density at radius 1 is 1.30 bits per heavy atom. The molecule has 2 aromatic rings. The van der Waals surface area contributed by atoms with Crippen molar-refractivity contribution >= 4 is 39.1 Å². The third-order valence-corrected chi connectivity index (χ3v) is 4.25. The maximum absolute atomic E-state index is 12.3. The number of benzene rings is 1. The first-order valence-electron chi connectivity index (χ1n) is 7.34. The normalized spacial score (nSPS) is 12.9. The van der Waals surface area contributed by atoms with E-state index in [4.69, 9.17) is 0 Å². The summed E-state index contributed by atoms with van der Waals surface area (Å²) in [6.45, 7) is 2.19. The number of amides is 2. The predicted molar refractivity (Wildman–Crippen MR) is 92.4 cm³/mol. The summed E-state index contributed by atoms with van der Waals surface area (Å²) in [5.74, 6) is -0.136. The number of pyridine rings is 1. The van der Waals surface area contributed by atoms with Crippen LogP contribution >= 0.6 is 15.9 Å². The molecule has 5 nitrogen and oxygen atoms in total. The summed E-state index contributed by atoms with van der Waals surface area (Å²) in [7, 11) is 0. The molecule has 2 amide bonds. The molecular formula is C17H16BrN3O2. The summed E-state index contributed by atoms with van der Waals surface area (Å²) in [5, 5.41) is 2.93. The predicted octanol–water partition coefficient (Wildman–Crippen LogP) is 2.93. The molecule has 23 heavy (non-hydrogen) atoms. The van der Waals surface area contributed by atoms with Gasteiger partial charge in [-0.3, -0.25) is 14.6 Å². The van der Waals surface area contributed by atoms with Crippen LogP contribution in [0.25, 0.3) is 0 Å². The molecule has 0 spiro atoms. The molecule has 0 radical (unpaired) electrons. The van der Waals surface area contributed by atoms with Gasteiger partial charge in [-0.15, -0.1) is 0 Å². The summed E-state index contributed by atoms with van der Waals surface area (Å²) < 4.78 is 0.890. The van der Waals surface area contributed by atoms with E-state index in [-0.39, 0.29) is 18.2 Å². The Hall–Kier alpha value is -2.21. The minimum atomic E-state index is -0.119. The van der Waals surface area contributed by atoms with Crippen LogP contribution in [0.4, 0.5) is 11.4 Å². The van der Waals surface area contributed by atoms with E-state index >= 15 is 0 Å². The number of nitrogens with one attached hydrogen (secondary N) is 1. The van der Waals surface area contributed by atoms with E-state index in [9.17, 15) is 9.59 Å². The van der Waals surface area contributed by atoms with E-state index in [2.05, 4.69) is 26.2 Å². The molecule has 1 aliphatic rings. The second kappa shape index (κ2) is 6.50. The Morgan fingerprint density at radius 3 is 2.74 bits per heavy atom. The Morgan fingerprint density at radius 2 is 2.04 bits per heavy atom. The van der Waals surface area contributed by atoms with Crippen LogP contribution in [0, 0.1) is 0 Å². The van der Waals surface area contributed by atoms with Gasteiger partial charge in [0.2, 0.25) is 11.8 Å². The van der Waals surface area contributed by atoms with Gasteiger partial charge in [-0.1, -0.05) is 15.9 Å². The summed E-state index contributed by atoms with van der Waals surface area (Å²) in [5.41, 5.74) is 3.44. The smallest absolute Gasteiger partial charge is 0.228 e. The van der Waals surface area contributed by atoms with Crippen LogP contribution in [0.2, 0.25) is 0 Å². The van der Waals surface area contributed by atoms with Gasteiger partial charge in [0.05, 0.1) is 17.8 Å². The second-order valence-corrected chi connectivity index (χ2v) is 6.38. The van der Waals surface area contributed by atoms with E-state index in [1.54, 1.807) is 24.2 Å². The number of aromatic nitrogens is 1. The first kappa shape index (κ1) is 15.7. The van der Waals surface area contributed by atoms with Gasteiger partial charge < -0.3 is 10.2 Å². The van der Waals surface area contributed by atoms with Gasteiger partial charge in [-0.2, -0.15) is 0 Å². The number of anilines is 2. The molecule has 0 fully saturated rings. The van der Waals surface area contributed by atoms with Gasteiger partial charge in [0.15, 0.2) is 0 Å². The summed E-state index contributed by atoms with van der Waals surface area (Å²) >= 11 is 3.47. The lowest BCUT2D eigenvalue weighted by Gasteiger charge is -2.19. The van der Waals surface area contributed by atoms with Gasteiger partial charge in [-0.25, -0.2) is 0 Å². The third kappa shape index (κ3) is 3.42. The lowest BCUT2D eigenvalue weighted by molar-refractivity contribution is -0.117. The van der Waals surface area contributed by atoms with Crippen molar-refractivity contribution in [3.63, 3.8) is 0 Å². The average molecular weight is 374 g/mol. The van der Waals surface area contributed by atoms with Crippen molar-refractivity contribution in [1.29, 1.82) is 0 Å². The topological polar surface area (TPSA) is 62.3 Å². The summed E-state index contributed by atoms with van der Waals surface area (Å²) in [4.78, 5) is 29.8. The molecule has 1 aromatic heterocycles. The molecule has 0 bridgehead atoms. The SMILES string of the molecule is CC(=O)N1CCc2cc(Br)cc(NC(=O)Cc3ccncc3)c21. The molecule has 3 rings (SSSR count). The van der Waals surface area contributed by atoms with Crippen LogP contribution in [0.5, 0.6) is 0 Å².